The Hall–Kier alpha value is -1.53. The minimum atomic E-state index is -4.60. The molecule has 0 unspecified atom stereocenters. The van der Waals surface area contributed by atoms with Crippen molar-refractivity contribution in [2.45, 2.75) is 25.1 Å². The average molecular weight is 233 g/mol. The molecule has 0 aliphatic heterocycles. The van der Waals surface area contributed by atoms with Crippen molar-refractivity contribution in [2.75, 3.05) is 0 Å². The summed E-state index contributed by atoms with van der Waals surface area (Å²) in [5.74, 6) is -0.706. The first kappa shape index (κ1) is 11.0. The van der Waals surface area contributed by atoms with Crippen LogP contribution in [0.3, 0.4) is 0 Å². The summed E-state index contributed by atoms with van der Waals surface area (Å²) in [7, 11) is 1.35. The van der Waals surface area contributed by atoms with Gasteiger partial charge in [0.25, 0.3) is 5.91 Å². The second-order valence-electron chi connectivity index (χ2n) is 3.81. The van der Waals surface area contributed by atoms with Crippen LogP contribution in [0.2, 0.25) is 0 Å². The maximum absolute atomic E-state index is 12.5. The largest absolute Gasteiger partial charge is 0.435 e. The number of carbonyl (C=O) groups is 1. The number of carbonyl (C=O) groups excluding carboxylic acids is 1. The predicted molar refractivity (Wildman–Crippen MR) is 48.7 cm³/mol. The van der Waals surface area contributed by atoms with Crippen LogP contribution in [0.5, 0.6) is 0 Å². The molecule has 1 fully saturated rings. The number of aryl methyl sites for hydroxylation is 1. The fourth-order valence-corrected chi connectivity index (χ4v) is 1.35. The number of nitrogens with zero attached hydrogens (tertiary/aromatic N) is 2. The van der Waals surface area contributed by atoms with Gasteiger partial charge in [0.15, 0.2) is 5.69 Å². The molecule has 1 aliphatic carbocycles. The van der Waals surface area contributed by atoms with Crippen LogP contribution >= 0.6 is 0 Å². The van der Waals surface area contributed by atoms with Gasteiger partial charge in [0.05, 0.1) is 5.56 Å². The molecule has 1 N–H and O–H groups in total. The van der Waals surface area contributed by atoms with Crippen molar-refractivity contribution >= 4 is 5.91 Å². The summed E-state index contributed by atoms with van der Waals surface area (Å²) >= 11 is 0. The molecule has 1 heterocycles. The smallest absolute Gasteiger partial charge is 0.349 e. The van der Waals surface area contributed by atoms with Gasteiger partial charge in [0.1, 0.15) is 0 Å². The van der Waals surface area contributed by atoms with Crippen molar-refractivity contribution in [3.8, 4) is 0 Å². The Morgan fingerprint density at radius 1 is 1.56 bits per heavy atom. The molecule has 1 aromatic rings. The Labute approximate surface area is 89.4 Å². The number of hydrogen-bond donors (Lipinski definition) is 1. The summed E-state index contributed by atoms with van der Waals surface area (Å²) < 4.78 is 38.5. The van der Waals surface area contributed by atoms with E-state index in [1.54, 1.807) is 0 Å². The topological polar surface area (TPSA) is 46.9 Å². The predicted octanol–water partition coefficient (Wildman–Crippen LogP) is 1.33. The Bertz CT molecular complexity index is 420. The van der Waals surface area contributed by atoms with Gasteiger partial charge in [0.2, 0.25) is 0 Å². The van der Waals surface area contributed by atoms with Crippen LogP contribution in [-0.2, 0) is 13.2 Å². The van der Waals surface area contributed by atoms with E-state index in [0.29, 0.717) is 0 Å². The summed E-state index contributed by atoms with van der Waals surface area (Å²) in [5, 5.41) is 5.77. The van der Waals surface area contributed by atoms with Crippen molar-refractivity contribution in [3.63, 3.8) is 0 Å². The minimum absolute atomic E-state index is 0.0220. The molecule has 0 bridgehead atoms. The molecule has 1 saturated carbocycles. The van der Waals surface area contributed by atoms with Crippen LogP contribution in [0, 0.1) is 0 Å². The average Bonchev–Trinajstić information content (AvgIpc) is 2.84. The van der Waals surface area contributed by atoms with Gasteiger partial charge in [-0.3, -0.25) is 9.48 Å². The fraction of sp³-hybridized carbons (Fsp3) is 0.556. The summed E-state index contributed by atoms with van der Waals surface area (Å²) in [4.78, 5) is 11.5. The molecule has 0 atom stereocenters. The highest BCUT2D eigenvalue weighted by Gasteiger charge is 2.39. The Morgan fingerprint density at radius 3 is 2.69 bits per heavy atom. The van der Waals surface area contributed by atoms with Crippen LogP contribution in [-0.4, -0.2) is 21.7 Å². The van der Waals surface area contributed by atoms with E-state index in [2.05, 4.69) is 10.4 Å². The fourth-order valence-electron chi connectivity index (χ4n) is 1.35. The second kappa shape index (κ2) is 3.50. The third-order valence-electron chi connectivity index (χ3n) is 2.25. The molecule has 88 valence electrons. The van der Waals surface area contributed by atoms with E-state index < -0.39 is 23.3 Å². The summed E-state index contributed by atoms with van der Waals surface area (Å²) in [6, 6.07) is 0.0220. The molecular weight excluding hydrogens is 223 g/mol. The van der Waals surface area contributed by atoms with Crippen LogP contribution < -0.4 is 5.32 Å². The summed E-state index contributed by atoms with van der Waals surface area (Å²) in [6.07, 6.45) is -1.86. The van der Waals surface area contributed by atoms with Crippen LogP contribution in [0.4, 0.5) is 13.2 Å². The number of halogens is 3. The lowest BCUT2D eigenvalue weighted by atomic mass is 10.2. The van der Waals surface area contributed by atoms with Crippen LogP contribution in [0.15, 0.2) is 6.20 Å². The molecular formula is C9H10F3N3O. The van der Waals surface area contributed by atoms with E-state index >= 15 is 0 Å². The number of aromatic nitrogens is 2. The van der Waals surface area contributed by atoms with E-state index in [0.717, 1.165) is 23.7 Å². The maximum Gasteiger partial charge on any atom is 0.435 e. The zero-order valence-electron chi connectivity index (χ0n) is 8.51. The number of hydrogen-bond acceptors (Lipinski definition) is 2. The van der Waals surface area contributed by atoms with Gasteiger partial charge in [-0.2, -0.15) is 18.3 Å². The molecule has 2 rings (SSSR count). The van der Waals surface area contributed by atoms with Gasteiger partial charge in [-0.15, -0.1) is 0 Å². The monoisotopic (exact) mass is 233 g/mol. The van der Waals surface area contributed by atoms with Gasteiger partial charge in [-0.25, -0.2) is 0 Å². The molecule has 16 heavy (non-hydrogen) atoms. The highest BCUT2D eigenvalue weighted by Crippen LogP contribution is 2.31. The molecule has 0 radical (unpaired) electrons. The lowest BCUT2D eigenvalue weighted by Crippen LogP contribution is -2.27. The van der Waals surface area contributed by atoms with E-state index in [9.17, 15) is 18.0 Å². The molecule has 7 heteroatoms. The standard InChI is InChI=1S/C9H10F3N3O/c1-15-4-6(7(14-15)9(10,11)12)8(16)13-5-2-3-5/h4-5H,2-3H2,1H3,(H,13,16). The van der Waals surface area contributed by atoms with Gasteiger partial charge < -0.3 is 5.32 Å². The number of alkyl halides is 3. The zero-order valence-corrected chi connectivity index (χ0v) is 8.51. The van der Waals surface area contributed by atoms with Crippen molar-refractivity contribution in [1.29, 1.82) is 0 Å². The summed E-state index contributed by atoms with van der Waals surface area (Å²) in [5.41, 5.74) is -1.55. The molecule has 0 spiro atoms. The van der Waals surface area contributed by atoms with Crippen LogP contribution in [0.1, 0.15) is 28.9 Å². The third-order valence-corrected chi connectivity index (χ3v) is 2.25. The van der Waals surface area contributed by atoms with Gasteiger partial charge in [-0.05, 0) is 12.8 Å². The first-order valence-corrected chi connectivity index (χ1v) is 4.79. The maximum atomic E-state index is 12.5. The van der Waals surface area contributed by atoms with E-state index in [1.807, 2.05) is 0 Å². The number of nitrogens with one attached hydrogen (secondary N) is 1. The lowest BCUT2D eigenvalue weighted by molar-refractivity contribution is -0.141. The Balaban J connectivity index is 2.27. The zero-order chi connectivity index (χ0) is 11.9. The molecule has 0 aromatic carbocycles. The van der Waals surface area contributed by atoms with Gasteiger partial charge in [-0.1, -0.05) is 0 Å². The number of rotatable bonds is 2. The first-order chi connectivity index (χ1) is 7.38. The molecule has 1 aromatic heterocycles. The molecule has 1 aliphatic rings. The number of amides is 1. The lowest BCUT2D eigenvalue weighted by Gasteiger charge is -2.05. The van der Waals surface area contributed by atoms with Crippen molar-refractivity contribution < 1.29 is 18.0 Å². The van der Waals surface area contributed by atoms with Gasteiger partial charge >= 0.3 is 6.18 Å². The SMILES string of the molecule is Cn1cc(C(=O)NC2CC2)c(C(F)(F)F)n1. The van der Waals surface area contributed by atoms with Gasteiger partial charge in [0, 0.05) is 19.3 Å². The van der Waals surface area contributed by atoms with E-state index in [4.69, 9.17) is 0 Å². The Kier molecular flexibility index (Phi) is 2.40. The second-order valence-corrected chi connectivity index (χ2v) is 3.81. The highest BCUT2D eigenvalue weighted by atomic mass is 19.4. The molecule has 1 amide bonds. The van der Waals surface area contributed by atoms with Crippen molar-refractivity contribution in [3.05, 3.63) is 17.5 Å². The highest BCUT2D eigenvalue weighted by molar-refractivity contribution is 5.95. The first-order valence-electron chi connectivity index (χ1n) is 4.79. The van der Waals surface area contributed by atoms with Crippen LogP contribution in [0.25, 0.3) is 0 Å². The van der Waals surface area contributed by atoms with E-state index in [-0.39, 0.29) is 6.04 Å². The molecule has 4 nitrogen and oxygen atoms in total. The summed E-state index contributed by atoms with van der Waals surface area (Å²) in [6.45, 7) is 0. The normalized spacial score (nSPS) is 16.2. The van der Waals surface area contributed by atoms with Crippen molar-refractivity contribution in [1.82, 2.24) is 15.1 Å². The molecule has 0 saturated heterocycles. The third kappa shape index (κ3) is 2.17. The van der Waals surface area contributed by atoms with Crippen molar-refractivity contribution in [2.24, 2.45) is 7.05 Å². The van der Waals surface area contributed by atoms with E-state index in [1.165, 1.54) is 7.05 Å². The minimum Gasteiger partial charge on any atom is -0.349 e. The Morgan fingerprint density at radius 2 is 2.19 bits per heavy atom. The quantitative estimate of drug-likeness (QED) is 0.837.